The van der Waals surface area contributed by atoms with Crippen LogP contribution in [0, 0.1) is 5.82 Å². The first kappa shape index (κ1) is 17.4. The van der Waals surface area contributed by atoms with E-state index in [0.29, 0.717) is 0 Å². The molecule has 0 atom stereocenters. The highest BCUT2D eigenvalue weighted by Crippen LogP contribution is 2.24. The normalized spacial score (nSPS) is 15.4. The predicted octanol–water partition coefficient (Wildman–Crippen LogP) is 2.10. The molecule has 0 radical (unpaired) electrons. The first-order chi connectivity index (χ1) is 9.00. The molecular formula is C12H15Cl2FN2O2S. The molecule has 0 fully saturated rings. The second kappa shape index (κ2) is 7.38. The van der Waals surface area contributed by atoms with Crippen molar-refractivity contribution in [2.75, 3.05) is 19.6 Å². The van der Waals surface area contributed by atoms with Gasteiger partial charge in [0.1, 0.15) is 10.7 Å². The average molecular weight is 341 g/mol. The minimum Gasteiger partial charge on any atom is -0.313 e. The molecule has 8 heteroatoms. The van der Waals surface area contributed by atoms with Crippen LogP contribution in [0.4, 0.5) is 4.39 Å². The maximum Gasteiger partial charge on any atom is 0.245 e. The lowest BCUT2D eigenvalue weighted by Crippen LogP contribution is -2.30. The standard InChI is InChI=1S/C12H14ClFN2O2S.ClH/c13-10-2-1-3-11(14)12(10)19(17,18)16-8-9-4-6-15-7-5-9;/h1-4,15-16H,5-8H2;1H. The van der Waals surface area contributed by atoms with Crippen LogP contribution in [-0.4, -0.2) is 28.1 Å². The summed E-state index contributed by atoms with van der Waals surface area (Å²) in [7, 11) is -3.94. The van der Waals surface area contributed by atoms with Gasteiger partial charge in [0.15, 0.2) is 0 Å². The van der Waals surface area contributed by atoms with Gasteiger partial charge in [0.2, 0.25) is 10.0 Å². The second-order valence-corrected chi connectivity index (χ2v) is 6.30. The largest absolute Gasteiger partial charge is 0.313 e. The van der Waals surface area contributed by atoms with Gasteiger partial charge in [-0.1, -0.05) is 29.3 Å². The van der Waals surface area contributed by atoms with Crippen molar-refractivity contribution >= 4 is 34.0 Å². The Kier molecular flexibility index (Phi) is 6.42. The SMILES string of the molecule is Cl.O=S(=O)(NCC1=CCNCC1)c1c(F)cccc1Cl. The van der Waals surface area contributed by atoms with E-state index in [1.807, 2.05) is 6.08 Å². The monoisotopic (exact) mass is 340 g/mol. The maximum atomic E-state index is 13.6. The molecule has 0 aromatic heterocycles. The van der Waals surface area contributed by atoms with E-state index in [4.69, 9.17) is 11.6 Å². The molecule has 1 aromatic carbocycles. The van der Waals surface area contributed by atoms with E-state index in [2.05, 4.69) is 10.0 Å². The third kappa shape index (κ3) is 4.17. The van der Waals surface area contributed by atoms with Crippen molar-refractivity contribution in [3.8, 4) is 0 Å². The summed E-state index contributed by atoms with van der Waals surface area (Å²) in [6, 6.07) is 3.79. The summed E-state index contributed by atoms with van der Waals surface area (Å²) in [5.41, 5.74) is 0.981. The lowest BCUT2D eigenvalue weighted by atomic mass is 10.1. The van der Waals surface area contributed by atoms with Crippen molar-refractivity contribution in [1.29, 1.82) is 0 Å². The highest BCUT2D eigenvalue weighted by Gasteiger charge is 2.22. The van der Waals surface area contributed by atoms with Crippen LogP contribution in [0.25, 0.3) is 0 Å². The van der Waals surface area contributed by atoms with Crippen molar-refractivity contribution in [3.05, 3.63) is 40.7 Å². The van der Waals surface area contributed by atoms with Gasteiger partial charge in [0.05, 0.1) is 5.02 Å². The molecule has 0 spiro atoms. The van der Waals surface area contributed by atoms with Crippen LogP contribution in [0.1, 0.15) is 6.42 Å². The van der Waals surface area contributed by atoms with Gasteiger partial charge in [-0.3, -0.25) is 0 Å². The third-order valence-electron chi connectivity index (χ3n) is 2.83. The van der Waals surface area contributed by atoms with Crippen LogP contribution in [-0.2, 0) is 10.0 Å². The number of hydrogen-bond donors (Lipinski definition) is 2. The topological polar surface area (TPSA) is 58.2 Å². The zero-order valence-electron chi connectivity index (χ0n) is 10.5. The Morgan fingerprint density at radius 1 is 1.40 bits per heavy atom. The predicted molar refractivity (Wildman–Crippen MR) is 79.4 cm³/mol. The number of rotatable bonds is 4. The molecule has 0 saturated carbocycles. The summed E-state index contributed by atoms with van der Waals surface area (Å²) in [6.07, 6.45) is 2.70. The fourth-order valence-electron chi connectivity index (χ4n) is 1.83. The molecule has 0 aliphatic carbocycles. The van der Waals surface area contributed by atoms with Crippen molar-refractivity contribution < 1.29 is 12.8 Å². The van der Waals surface area contributed by atoms with Crippen molar-refractivity contribution in [1.82, 2.24) is 10.0 Å². The molecule has 4 nitrogen and oxygen atoms in total. The Balaban J connectivity index is 0.00000200. The Labute approximate surface area is 128 Å². The molecule has 2 rings (SSSR count). The van der Waals surface area contributed by atoms with Gasteiger partial charge in [-0.15, -0.1) is 12.4 Å². The molecule has 0 saturated heterocycles. The number of hydrogen-bond acceptors (Lipinski definition) is 3. The van der Waals surface area contributed by atoms with E-state index in [1.165, 1.54) is 12.1 Å². The Morgan fingerprint density at radius 2 is 2.15 bits per heavy atom. The zero-order chi connectivity index (χ0) is 13.9. The average Bonchev–Trinajstić information content (AvgIpc) is 2.37. The summed E-state index contributed by atoms with van der Waals surface area (Å²) in [5.74, 6) is -0.848. The quantitative estimate of drug-likeness (QED) is 0.825. The molecule has 0 amide bonds. The summed E-state index contributed by atoms with van der Waals surface area (Å²) in [4.78, 5) is -0.494. The molecular weight excluding hydrogens is 326 g/mol. The second-order valence-electron chi connectivity index (χ2n) is 4.19. The van der Waals surface area contributed by atoms with Crippen molar-refractivity contribution in [3.63, 3.8) is 0 Å². The van der Waals surface area contributed by atoms with E-state index >= 15 is 0 Å². The minimum absolute atomic E-state index is 0. The molecule has 2 N–H and O–H groups in total. The van der Waals surface area contributed by atoms with E-state index in [9.17, 15) is 12.8 Å². The van der Waals surface area contributed by atoms with E-state index in [0.717, 1.165) is 31.1 Å². The number of nitrogens with one attached hydrogen (secondary N) is 2. The van der Waals surface area contributed by atoms with Gasteiger partial charge in [-0.25, -0.2) is 17.5 Å². The van der Waals surface area contributed by atoms with Crippen LogP contribution in [0.3, 0.4) is 0 Å². The summed E-state index contributed by atoms with van der Waals surface area (Å²) in [5, 5.41) is 3.01. The summed E-state index contributed by atoms with van der Waals surface area (Å²) in [6.45, 7) is 1.71. The zero-order valence-corrected chi connectivity index (χ0v) is 12.9. The van der Waals surface area contributed by atoms with Crippen LogP contribution >= 0.6 is 24.0 Å². The lowest BCUT2D eigenvalue weighted by Gasteiger charge is -2.15. The molecule has 1 aliphatic heterocycles. The molecule has 1 aliphatic rings. The van der Waals surface area contributed by atoms with Gasteiger partial charge in [0.25, 0.3) is 0 Å². The van der Waals surface area contributed by atoms with Gasteiger partial charge in [-0.2, -0.15) is 0 Å². The van der Waals surface area contributed by atoms with Gasteiger partial charge < -0.3 is 5.32 Å². The molecule has 1 heterocycles. The van der Waals surface area contributed by atoms with Crippen LogP contribution < -0.4 is 10.0 Å². The molecule has 0 unspecified atom stereocenters. The van der Waals surface area contributed by atoms with Gasteiger partial charge >= 0.3 is 0 Å². The summed E-state index contributed by atoms with van der Waals surface area (Å²) >= 11 is 5.75. The van der Waals surface area contributed by atoms with Crippen molar-refractivity contribution in [2.45, 2.75) is 11.3 Å². The van der Waals surface area contributed by atoms with Gasteiger partial charge in [0, 0.05) is 13.1 Å². The minimum atomic E-state index is -3.94. The third-order valence-corrected chi connectivity index (χ3v) is 4.74. The highest BCUT2D eigenvalue weighted by atomic mass is 35.5. The van der Waals surface area contributed by atoms with Gasteiger partial charge in [-0.05, 0) is 25.1 Å². The number of sulfonamides is 1. The van der Waals surface area contributed by atoms with Crippen LogP contribution in [0.5, 0.6) is 0 Å². The fourth-order valence-corrected chi connectivity index (χ4v) is 3.47. The van der Waals surface area contributed by atoms with E-state index in [-0.39, 0.29) is 24.0 Å². The fraction of sp³-hybridized carbons (Fsp3) is 0.333. The van der Waals surface area contributed by atoms with Crippen LogP contribution in [0.2, 0.25) is 5.02 Å². The summed E-state index contributed by atoms with van der Waals surface area (Å²) < 4.78 is 40.0. The number of halogens is 3. The Hall–Kier alpha value is -0.660. The Bertz CT molecular complexity index is 585. The molecule has 1 aromatic rings. The number of benzene rings is 1. The Morgan fingerprint density at radius 3 is 2.75 bits per heavy atom. The van der Waals surface area contributed by atoms with Crippen molar-refractivity contribution in [2.24, 2.45) is 0 Å². The first-order valence-electron chi connectivity index (χ1n) is 5.83. The van der Waals surface area contributed by atoms with E-state index in [1.54, 1.807) is 0 Å². The maximum absolute atomic E-state index is 13.6. The molecule has 112 valence electrons. The highest BCUT2D eigenvalue weighted by molar-refractivity contribution is 7.89. The smallest absolute Gasteiger partial charge is 0.245 e. The molecule has 0 bridgehead atoms. The van der Waals surface area contributed by atoms with Crippen LogP contribution in [0.15, 0.2) is 34.7 Å². The first-order valence-corrected chi connectivity index (χ1v) is 7.69. The lowest BCUT2D eigenvalue weighted by molar-refractivity contribution is 0.558. The van der Waals surface area contributed by atoms with E-state index < -0.39 is 20.7 Å². The molecule has 20 heavy (non-hydrogen) atoms.